The van der Waals surface area contributed by atoms with E-state index in [-0.39, 0.29) is 11.4 Å². The van der Waals surface area contributed by atoms with Gasteiger partial charge in [0.15, 0.2) is 0 Å². The minimum Gasteiger partial charge on any atom is -0.402 e. The average molecular weight is 285 g/mol. The maximum atomic E-state index is 11.7. The molecular formula is C10H13BrN4O. The van der Waals surface area contributed by atoms with Gasteiger partial charge in [-0.3, -0.25) is 10.2 Å². The molecule has 0 bridgehead atoms. The second-order valence-corrected chi connectivity index (χ2v) is 4.33. The molecule has 0 radical (unpaired) electrons. The largest absolute Gasteiger partial charge is 0.402 e. The number of pyridine rings is 1. The molecule has 0 aliphatic carbocycles. The van der Waals surface area contributed by atoms with E-state index in [9.17, 15) is 4.79 Å². The number of nitrogens with two attached hydrogens (primary N) is 1. The van der Waals surface area contributed by atoms with Gasteiger partial charge in [0.25, 0.3) is 5.56 Å². The van der Waals surface area contributed by atoms with Crippen LogP contribution in [0.5, 0.6) is 0 Å². The summed E-state index contributed by atoms with van der Waals surface area (Å²) in [7, 11) is 1.64. The monoisotopic (exact) mass is 284 g/mol. The van der Waals surface area contributed by atoms with Crippen LogP contribution in [0.15, 0.2) is 33.3 Å². The molecule has 86 valence electrons. The Morgan fingerprint density at radius 3 is 2.88 bits per heavy atom. The van der Waals surface area contributed by atoms with Gasteiger partial charge in [-0.05, 0) is 35.0 Å². The van der Waals surface area contributed by atoms with Gasteiger partial charge in [0, 0.05) is 23.4 Å². The predicted octanol–water partition coefficient (Wildman–Crippen LogP) is 1.40. The smallest absolute Gasteiger partial charge is 0.274 e. The number of rotatable bonds is 2. The molecule has 0 aliphatic heterocycles. The third kappa shape index (κ3) is 3.23. The molecule has 16 heavy (non-hydrogen) atoms. The minimum absolute atomic E-state index is 0.0789. The van der Waals surface area contributed by atoms with Crippen molar-refractivity contribution in [2.75, 3.05) is 5.32 Å². The summed E-state index contributed by atoms with van der Waals surface area (Å²) in [4.78, 5) is 11.7. The highest BCUT2D eigenvalue weighted by Gasteiger charge is 2.04. The Kier molecular flexibility index (Phi) is 3.89. The summed E-state index contributed by atoms with van der Waals surface area (Å²) in [5.41, 5.74) is 6.07. The van der Waals surface area contributed by atoms with Crippen LogP contribution in [0, 0.1) is 5.41 Å². The molecule has 1 aromatic heterocycles. The number of allylic oxidation sites excluding steroid dienone is 1. The van der Waals surface area contributed by atoms with Gasteiger partial charge in [0.2, 0.25) is 0 Å². The molecule has 1 heterocycles. The molecule has 0 aliphatic rings. The number of halogens is 1. The number of hydrogen-bond donors (Lipinski definition) is 3. The number of aryl methyl sites for hydroxylation is 1. The quantitative estimate of drug-likeness (QED) is 0.567. The lowest BCUT2D eigenvalue weighted by atomic mass is 10.3. The first-order valence-electron chi connectivity index (χ1n) is 4.55. The molecule has 0 atom stereocenters. The number of hydrogen-bond acceptors (Lipinski definition) is 3. The van der Waals surface area contributed by atoms with E-state index < -0.39 is 0 Å². The van der Waals surface area contributed by atoms with E-state index in [0.717, 1.165) is 4.47 Å². The maximum Gasteiger partial charge on any atom is 0.274 e. The Hall–Kier alpha value is -1.56. The van der Waals surface area contributed by atoms with Gasteiger partial charge < -0.3 is 15.6 Å². The van der Waals surface area contributed by atoms with Crippen LogP contribution >= 0.6 is 15.9 Å². The van der Waals surface area contributed by atoms with Crippen LogP contribution in [0.3, 0.4) is 0 Å². The fourth-order valence-electron chi connectivity index (χ4n) is 1.17. The lowest BCUT2D eigenvalue weighted by Gasteiger charge is -2.07. The molecule has 4 N–H and O–H groups in total. The maximum absolute atomic E-state index is 11.7. The van der Waals surface area contributed by atoms with E-state index in [1.165, 1.54) is 10.6 Å². The second-order valence-electron chi connectivity index (χ2n) is 3.42. The summed E-state index contributed by atoms with van der Waals surface area (Å²) in [5, 5.41) is 10.2. The van der Waals surface area contributed by atoms with Crippen molar-refractivity contribution in [3.8, 4) is 0 Å². The van der Waals surface area contributed by atoms with Crippen LogP contribution in [0.25, 0.3) is 0 Å². The van der Waals surface area contributed by atoms with Crippen molar-refractivity contribution in [1.82, 2.24) is 4.57 Å². The third-order valence-corrected chi connectivity index (χ3v) is 2.22. The molecule has 0 aromatic carbocycles. The van der Waals surface area contributed by atoms with Gasteiger partial charge in [-0.25, -0.2) is 0 Å². The van der Waals surface area contributed by atoms with Crippen molar-refractivity contribution >= 4 is 27.5 Å². The van der Waals surface area contributed by atoms with Gasteiger partial charge in [-0.1, -0.05) is 0 Å². The summed E-state index contributed by atoms with van der Waals surface area (Å²) < 4.78 is 2.19. The highest BCUT2D eigenvalue weighted by Crippen LogP contribution is 2.11. The fourth-order valence-corrected chi connectivity index (χ4v) is 1.70. The lowest BCUT2D eigenvalue weighted by Crippen LogP contribution is -2.23. The third-order valence-electron chi connectivity index (χ3n) is 1.79. The summed E-state index contributed by atoms with van der Waals surface area (Å²) in [5.74, 6) is 0.0789. The van der Waals surface area contributed by atoms with E-state index in [1.807, 2.05) is 0 Å². The van der Waals surface area contributed by atoms with Gasteiger partial charge in [-0.15, -0.1) is 0 Å². The Labute approximate surface area is 102 Å². The molecular weight excluding hydrogens is 272 g/mol. The fraction of sp³-hybridized carbons (Fsp3) is 0.200. The Bertz CT molecular complexity index is 500. The zero-order chi connectivity index (χ0) is 12.3. The number of anilines is 1. The van der Waals surface area contributed by atoms with Crippen molar-refractivity contribution in [1.29, 1.82) is 5.41 Å². The van der Waals surface area contributed by atoms with Crippen LogP contribution in [0.4, 0.5) is 5.69 Å². The molecule has 1 aromatic rings. The summed E-state index contributed by atoms with van der Waals surface area (Å²) in [6.07, 6.45) is 3.10. The van der Waals surface area contributed by atoms with Crippen LogP contribution in [-0.2, 0) is 7.05 Å². The number of amidine groups is 1. The molecule has 0 amide bonds. The first-order valence-corrected chi connectivity index (χ1v) is 5.35. The van der Waals surface area contributed by atoms with E-state index in [1.54, 1.807) is 26.2 Å². The number of nitrogens with zero attached hydrogens (tertiary/aromatic N) is 1. The molecule has 0 fully saturated rings. The topological polar surface area (TPSA) is 83.9 Å². The zero-order valence-electron chi connectivity index (χ0n) is 9.04. The van der Waals surface area contributed by atoms with Gasteiger partial charge in [0.05, 0.1) is 0 Å². The van der Waals surface area contributed by atoms with Crippen molar-refractivity contribution in [2.24, 2.45) is 12.8 Å². The van der Waals surface area contributed by atoms with E-state index >= 15 is 0 Å². The molecule has 5 nitrogen and oxygen atoms in total. The van der Waals surface area contributed by atoms with E-state index in [4.69, 9.17) is 11.1 Å². The van der Waals surface area contributed by atoms with Gasteiger partial charge in [0.1, 0.15) is 11.5 Å². The van der Waals surface area contributed by atoms with E-state index in [0.29, 0.717) is 11.4 Å². The predicted molar refractivity (Wildman–Crippen MR) is 68.7 cm³/mol. The molecule has 0 unspecified atom stereocenters. The Balaban J connectivity index is 3.03. The normalized spacial score (nSPS) is 11.3. The summed E-state index contributed by atoms with van der Waals surface area (Å²) in [6, 6.07) is 1.62. The zero-order valence-corrected chi connectivity index (χ0v) is 10.6. The van der Waals surface area contributed by atoms with Crippen molar-refractivity contribution in [2.45, 2.75) is 6.92 Å². The van der Waals surface area contributed by atoms with Gasteiger partial charge >= 0.3 is 0 Å². The van der Waals surface area contributed by atoms with Crippen LogP contribution in [0.1, 0.15) is 6.92 Å². The SMILES string of the molecule is C/C(N)=C/C(=N)Nc1cc(Br)cn(C)c1=O. The van der Waals surface area contributed by atoms with Crippen LogP contribution < -0.4 is 16.6 Å². The van der Waals surface area contributed by atoms with Gasteiger partial charge in [-0.2, -0.15) is 0 Å². The number of aromatic nitrogens is 1. The first kappa shape index (κ1) is 12.5. The summed E-state index contributed by atoms with van der Waals surface area (Å²) >= 11 is 3.28. The lowest BCUT2D eigenvalue weighted by molar-refractivity contribution is 0.859. The number of nitrogens with one attached hydrogen (secondary N) is 2. The van der Waals surface area contributed by atoms with Crippen molar-refractivity contribution in [3.05, 3.63) is 38.9 Å². The molecule has 0 saturated carbocycles. The highest BCUT2D eigenvalue weighted by atomic mass is 79.9. The molecule has 1 rings (SSSR count). The van der Waals surface area contributed by atoms with Crippen LogP contribution in [0.2, 0.25) is 0 Å². The minimum atomic E-state index is -0.198. The molecule has 0 saturated heterocycles. The van der Waals surface area contributed by atoms with Crippen LogP contribution in [-0.4, -0.2) is 10.4 Å². The van der Waals surface area contributed by atoms with E-state index in [2.05, 4.69) is 21.2 Å². The highest BCUT2D eigenvalue weighted by molar-refractivity contribution is 9.10. The molecule has 6 heteroatoms. The second kappa shape index (κ2) is 4.98. The standard InChI is InChI=1S/C10H13BrN4O/c1-6(12)3-9(13)14-8-4-7(11)5-15(2)10(8)16/h3-5H,12H2,1-2H3,(H2,13,14)/b6-3-. The Morgan fingerprint density at radius 1 is 1.69 bits per heavy atom. The average Bonchev–Trinajstić information content (AvgIpc) is 2.11. The van der Waals surface area contributed by atoms with Crippen molar-refractivity contribution < 1.29 is 0 Å². The molecule has 0 spiro atoms. The Morgan fingerprint density at radius 2 is 2.31 bits per heavy atom. The van der Waals surface area contributed by atoms with Crippen molar-refractivity contribution in [3.63, 3.8) is 0 Å². The first-order chi connectivity index (χ1) is 7.40. The summed E-state index contributed by atoms with van der Waals surface area (Å²) in [6.45, 7) is 1.68.